The third-order valence-corrected chi connectivity index (χ3v) is 5.61. The molecule has 0 radical (unpaired) electrons. The number of ether oxygens (including phenoxy) is 1. The normalized spacial score (nSPS) is 16.0. The highest BCUT2D eigenvalue weighted by molar-refractivity contribution is 5.97. The van der Waals surface area contributed by atoms with Gasteiger partial charge in [-0.2, -0.15) is 0 Å². The smallest absolute Gasteiger partial charge is 0.349 e. The molecular formula is C23H20N2O4. The largest absolute Gasteiger partial charge is 0.497 e. The van der Waals surface area contributed by atoms with Crippen molar-refractivity contribution in [1.29, 1.82) is 0 Å². The maximum atomic E-state index is 12.9. The number of nitrogens with one attached hydrogen (secondary N) is 2. The number of benzene rings is 2. The van der Waals surface area contributed by atoms with Crippen LogP contribution in [0.3, 0.4) is 0 Å². The van der Waals surface area contributed by atoms with Gasteiger partial charge in [0.05, 0.1) is 13.2 Å². The fourth-order valence-electron chi connectivity index (χ4n) is 4.17. The van der Waals surface area contributed by atoms with Crippen molar-refractivity contribution in [2.24, 2.45) is 0 Å². The van der Waals surface area contributed by atoms with Gasteiger partial charge in [0.1, 0.15) is 16.9 Å². The highest BCUT2D eigenvalue weighted by Crippen LogP contribution is 2.36. The molecule has 29 heavy (non-hydrogen) atoms. The molecule has 1 amide bonds. The van der Waals surface area contributed by atoms with Crippen molar-refractivity contribution in [2.75, 3.05) is 7.11 Å². The van der Waals surface area contributed by atoms with Crippen molar-refractivity contribution < 1.29 is 13.9 Å². The number of carbonyl (C=O) groups is 1. The van der Waals surface area contributed by atoms with E-state index in [-0.39, 0.29) is 11.6 Å². The first-order valence-electron chi connectivity index (χ1n) is 9.66. The van der Waals surface area contributed by atoms with Gasteiger partial charge in [0.2, 0.25) is 0 Å². The van der Waals surface area contributed by atoms with Gasteiger partial charge in [-0.25, -0.2) is 4.79 Å². The number of rotatable bonds is 3. The van der Waals surface area contributed by atoms with Crippen molar-refractivity contribution in [3.05, 3.63) is 75.8 Å². The van der Waals surface area contributed by atoms with Crippen LogP contribution >= 0.6 is 0 Å². The number of carbonyl (C=O) groups excluding carboxylic acids is 1. The lowest BCUT2D eigenvalue weighted by Gasteiger charge is -2.23. The zero-order chi connectivity index (χ0) is 20.0. The highest BCUT2D eigenvalue weighted by atomic mass is 16.5. The predicted molar refractivity (Wildman–Crippen MR) is 110 cm³/mol. The molecule has 2 aromatic heterocycles. The molecule has 1 aliphatic carbocycles. The number of methoxy groups -OCH3 is 1. The summed E-state index contributed by atoms with van der Waals surface area (Å²) >= 11 is 0. The fraction of sp³-hybridized carbons (Fsp3) is 0.217. The second-order valence-corrected chi connectivity index (χ2v) is 7.33. The molecule has 0 fully saturated rings. The number of aryl methyl sites for hydroxylation is 1. The summed E-state index contributed by atoms with van der Waals surface area (Å²) in [6.45, 7) is 0. The van der Waals surface area contributed by atoms with Crippen LogP contribution in [-0.2, 0) is 6.42 Å². The molecule has 0 bridgehead atoms. The van der Waals surface area contributed by atoms with Crippen LogP contribution in [0.1, 0.15) is 40.5 Å². The van der Waals surface area contributed by atoms with E-state index in [4.69, 9.17) is 9.15 Å². The number of hydrogen-bond donors (Lipinski definition) is 2. The van der Waals surface area contributed by atoms with Crippen LogP contribution in [0.2, 0.25) is 0 Å². The Hall–Kier alpha value is -3.54. The molecule has 0 saturated carbocycles. The van der Waals surface area contributed by atoms with Gasteiger partial charge >= 0.3 is 5.63 Å². The Bertz CT molecular complexity index is 1300. The van der Waals surface area contributed by atoms with Crippen LogP contribution in [0.15, 0.2) is 57.7 Å². The van der Waals surface area contributed by atoms with E-state index in [1.165, 1.54) is 5.56 Å². The minimum atomic E-state index is -0.626. The molecule has 0 spiro atoms. The van der Waals surface area contributed by atoms with Gasteiger partial charge in [0.15, 0.2) is 0 Å². The lowest BCUT2D eigenvalue weighted by atomic mass is 9.91. The van der Waals surface area contributed by atoms with Gasteiger partial charge in [0, 0.05) is 22.0 Å². The van der Waals surface area contributed by atoms with Crippen molar-refractivity contribution in [3.63, 3.8) is 0 Å². The lowest BCUT2D eigenvalue weighted by Crippen LogP contribution is -2.33. The number of para-hydroxylation sites is 1. The highest BCUT2D eigenvalue weighted by Gasteiger charge is 2.27. The van der Waals surface area contributed by atoms with Gasteiger partial charge in [0.25, 0.3) is 5.91 Å². The number of hydrogen-bond acceptors (Lipinski definition) is 4. The molecule has 2 N–H and O–H groups in total. The van der Waals surface area contributed by atoms with Crippen molar-refractivity contribution in [1.82, 2.24) is 10.3 Å². The summed E-state index contributed by atoms with van der Waals surface area (Å²) in [7, 11) is 1.65. The maximum absolute atomic E-state index is 12.9. The van der Waals surface area contributed by atoms with E-state index in [9.17, 15) is 9.59 Å². The van der Waals surface area contributed by atoms with E-state index in [0.29, 0.717) is 5.58 Å². The van der Waals surface area contributed by atoms with Crippen LogP contribution in [0.5, 0.6) is 5.75 Å². The Labute approximate surface area is 166 Å². The first-order valence-corrected chi connectivity index (χ1v) is 9.66. The molecule has 6 nitrogen and oxygen atoms in total. The average molecular weight is 388 g/mol. The molecule has 2 heterocycles. The van der Waals surface area contributed by atoms with Crippen LogP contribution in [0.25, 0.3) is 21.9 Å². The van der Waals surface area contributed by atoms with Gasteiger partial charge < -0.3 is 19.5 Å². The van der Waals surface area contributed by atoms with E-state index in [0.717, 1.165) is 47.0 Å². The first kappa shape index (κ1) is 17.6. The molecular weight excluding hydrogens is 368 g/mol. The molecule has 5 rings (SSSR count). The molecule has 0 aliphatic heterocycles. The van der Waals surface area contributed by atoms with Gasteiger partial charge in [-0.3, -0.25) is 4.79 Å². The second kappa shape index (κ2) is 6.81. The van der Waals surface area contributed by atoms with Crippen LogP contribution in [0, 0.1) is 0 Å². The summed E-state index contributed by atoms with van der Waals surface area (Å²) in [6.07, 6.45) is 2.70. The Kier molecular flexibility index (Phi) is 4.12. The van der Waals surface area contributed by atoms with E-state index in [1.807, 2.05) is 30.3 Å². The molecule has 0 unspecified atom stereocenters. The first-order chi connectivity index (χ1) is 14.1. The molecule has 2 aromatic carbocycles. The Morgan fingerprint density at radius 1 is 1.21 bits per heavy atom. The number of aromatic amines is 1. The van der Waals surface area contributed by atoms with E-state index in [2.05, 4.69) is 10.3 Å². The number of H-pyrrole nitrogens is 1. The Balaban J connectivity index is 1.50. The number of aromatic nitrogens is 1. The van der Waals surface area contributed by atoms with Gasteiger partial charge in [-0.1, -0.05) is 18.2 Å². The fourth-order valence-corrected chi connectivity index (χ4v) is 4.17. The van der Waals surface area contributed by atoms with Crippen molar-refractivity contribution in [2.45, 2.75) is 25.3 Å². The number of amides is 1. The molecule has 4 aromatic rings. The van der Waals surface area contributed by atoms with Crippen LogP contribution < -0.4 is 15.7 Å². The van der Waals surface area contributed by atoms with E-state index in [1.54, 1.807) is 25.3 Å². The predicted octanol–water partition coefficient (Wildman–Crippen LogP) is 4.09. The Morgan fingerprint density at radius 2 is 2.07 bits per heavy atom. The topological polar surface area (TPSA) is 84.3 Å². The summed E-state index contributed by atoms with van der Waals surface area (Å²) in [5.74, 6) is 0.387. The zero-order valence-corrected chi connectivity index (χ0v) is 16.0. The summed E-state index contributed by atoms with van der Waals surface area (Å²) in [5, 5.41) is 4.86. The second-order valence-electron chi connectivity index (χ2n) is 7.33. The summed E-state index contributed by atoms with van der Waals surface area (Å²) in [5.41, 5.74) is 3.08. The molecule has 146 valence electrons. The summed E-state index contributed by atoms with van der Waals surface area (Å²) in [4.78, 5) is 28.7. The SMILES string of the molecule is COc1ccc2[nH]c3c(c2c1)CCC[C@H]3NC(=O)c1cc2ccccc2oc1=O. The van der Waals surface area contributed by atoms with Crippen molar-refractivity contribution in [3.8, 4) is 5.75 Å². The van der Waals surface area contributed by atoms with Gasteiger partial charge in [-0.15, -0.1) is 0 Å². The van der Waals surface area contributed by atoms with Crippen LogP contribution in [-0.4, -0.2) is 18.0 Å². The van der Waals surface area contributed by atoms with E-state index >= 15 is 0 Å². The standard InChI is InChI=1S/C23H20N2O4/c1-28-14-9-10-18-16(12-14)15-6-4-7-19(21(15)24-18)25-22(26)17-11-13-5-2-3-8-20(13)29-23(17)27/h2-3,5,8-12,19,24H,4,6-7H2,1H3,(H,25,26)/t19-/m1/s1. The average Bonchev–Trinajstić information content (AvgIpc) is 3.12. The summed E-state index contributed by atoms with van der Waals surface area (Å²) in [6, 6.07) is 14.5. The third-order valence-electron chi connectivity index (χ3n) is 5.61. The zero-order valence-electron chi connectivity index (χ0n) is 16.0. The minimum absolute atomic E-state index is 0.0219. The number of fused-ring (bicyclic) bond motifs is 4. The minimum Gasteiger partial charge on any atom is -0.497 e. The lowest BCUT2D eigenvalue weighted by molar-refractivity contribution is 0.0928. The molecule has 1 aliphatic rings. The molecule has 6 heteroatoms. The Morgan fingerprint density at radius 3 is 2.93 bits per heavy atom. The molecule has 1 atom stereocenters. The monoisotopic (exact) mass is 388 g/mol. The third kappa shape index (κ3) is 2.97. The molecule has 0 saturated heterocycles. The summed E-state index contributed by atoms with van der Waals surface area (Å²) < 4.78 is 10.7. The van der Waals surface area contributed by atoms with E-state index < -0.39 is 11.5 Å². The quantitative estimate of drug-likeness (QED) is 0.518. The van der Waals surface area contributed by atoms with Crippen molar-refractivity contribution >= 4 is 27.8 Å². The van der Waals surface area contributed by atoms with Crippen LogP contribution in [0.4, 0.5) is 0 Å². The van der Waals surface area contributed by atoms with Gasteiger partial charge in [-0.05, 0) is 55.2 Å². The maximum Gasteiger partial charge on any atom is 0.349 e.